The van der Waals surface area contributed by atoms with E-state index in [1.807, 2.05) is 38.1 Å². The van der Waals surface area contributed by atoms with Crippen molar-refractivity contribution in [3.63, 3.8) is 0 Å². The number of nitrogens with one attached hydrogen (secondary N) is 1. The summed E-state index contributed by atoms with van der Waals surface area (Å²) >= 11 is 0. The molecule has 0 unspecified atom stereocenters. The maximum absolute atomic E-state index is 12.9. The molecule has 142 valence electrons. The topological polar surface area (TPSA) is 90.5 Å². The largest absolute Gasteiger partial charge is 0.497 e. The first-order valence-electron chi connectivity index (χ1n) is 8.77. The Morgan fingerprint density at radius 2 is 2.00 bits per heavy atom. The number of aryl methyl sites for hydroxylation is 2. The first-order valence-corrected chi connectivity index (χ1v) is 8.77. The summed E-state index contributed by atoms with van der Waals surface area (Å²) in [6.07, 6.45) is 0. The second-order valence-electron chi connectivity index (χ2n) is 6.56. The Bertz CT molecular complexity index is 1270. The first kappa shape index (κ1) is 17.7. The molecule has 8 nitrogen and oxygen atoms in total. The van der Waals surface area contributed by atoms with Crippen LogP contribution in [0.15, 0.2) is 47.3 Å². The second-order valence-corrected chi connectivity index (χ2v) is 6.56. The molecule has 8 heteroatoms. The number of carbonyl (C=O) groups is 1. The van der Waals surface area contributed by atoms with Crippen LogP contribution < -0.4 is 15.7 Å². The van der Waals surface area contributed by atoms with Gasteiger partial charge in [0.15, 0.2) is 5.65 Å². The van der Waals surface area contributed by atoms with Crippen LogP contribution in [0.4, 0.5) is 5.82 Å². The first-order chi connectivity index (χ1) is 13.5. The zero-order valence-electron chi connectivity index (χ0n) is 15.8. The molecule has 1 aromatic carbocycles. The molecule has 1 N–H and O–H groups in total. The molecule has 0 aliphatic heterocycles. The van der Waals surface area contributed by atoms with Crippen molar-refractivity contribution < 1.29 is 9.53 Å². The highest BCUT2D eigenvalue weighted by Crippen LogP contribution is 2.23. The van der Waals surface area contributed by atoms with Crippen LogP contribution in [0.1, 0.15) is 11.3 Å². The van der Waals surface area contributed by atoms with E-state index in [1.54, 1.807) is 25.3 Å². The number of carbonyl (C=O) groups excluding carboxylic acids is 1. The number of rotatable bonds is 4. The Hall–Kier alpha value is -3.68. The molecule has 0 aliphatic rings. The van der Waals surface area contributed by atoms with Gasteiger partial charge in [0.25, 0.3) is 0 Å². The molecular formula is C20H19N5O3. The summed E-state index contributed by atoms with van der Waals surface area (Å²) in [5.41, 5.74) is 2.47. The number of methoxy groups -OCH3 is 1. The van der Waals surface area contributed by atoms with E-state index in [-0.39, 0.29) is 18.1 Å². The zero-order chi connectivity index (χ0) is 19.8. The normalized spacial score (nSPS) is 11.1. The number of hydrogen-bond acceptors (Lipinski definition) is 5. The van der Waals surface area contributed by atoms with E-state index in [9.17, 15) is 9.59 Å². The summed E-state index contributed by atoms with van der Waals surface area (Å²) in [4.78, 5) is 29.5. The molecule has 3 aromatic heterocycles. The fourth-order valence-electron chi connectivity index (χ4n) is 3.19. The monoisotopic (exact) mass is 377 g/mol. The summed E-state index contributed by atoms with van der Waals surface area (Å²) in [7, 11) is 1.60. The third-order valence-corrected chi connectivity index (χ3v) is 4.49. The number of hydrogen-bond donors (Lipinski definition) is 1. The van der Waals surface area contributed by atoms with Gasteiger partial charge in [0.1, 0.15) is 18.1 Å². The minimum Gasteiger partial charge on any atom is -0.497 e. The Morgan fingerprint density at radius 3 is 2.75 bits per heavy atom. The third kappa shape index (κ3) is 3.09. The summed E-state index contributed by atoms with van der Waals surface area (Å²) in [5, 5.41) is 7.91. The molecule has 1 amide bonds. The Morgan fingerprint density at radius 1 is 1.18 bits per heavy atom. The lowest BCUT2D eigenvalue weighted by Crippen LogP contribution is -2.28. The smallest absolute Gasteiger partial charge is 0.351 e. The number of pyridine rings is 2. The quantitative estimate of drug-likeness (QED) is 0.589. The number of aromatic nitrogens is 4. The van der Waals surface area contributed by atoms with Gasteiger partial charge in [0, 0.05) is 11.1 Å². The van der Waals surface area contributed by atoms with Crippen molar-refractivity contribution in [1.82, 2.24) is 19.2 Å². The van der Waals surface area contributed by atoms with E-state index in [4.69, 9.17) is 4.74 Å². The van der Waals surface area contributed by atoms with E-state index < -0.39 is 0 Å². The van der Waals surface area contributed by atoms with Crippen molar-refractivity contribution in [2.24, 2.45) is 0 Å². The van der Waals surface area contributed by atoms with Crippen molar-refractivity contribution in [2.75, 3.05) is 12.4 Å². The SMILES string of the molecule is COc1ccc2c(c1)cc(C)c1nn(CC(=O)Nc3cccc(C)n3)c(=O)n12. The van der Waals surface area contributed by atoms with Crippen LogP contribution in [0, 0.1) is 13.8 Å². The van der Waals surface area contributed by atoms with Crippen LogP contribution in [-0.4, -0.2) is 32.2 Å². The molecule has 0 saturated heterocycles. The number of nitrogens with zero attached hydrogens (tertiary/aromatic N) is 4. The van der Waals surface area contributed by atoms with Crippen LogP contribution in [0.3, 0.4) is 0 Å². The van der Waals surface area contributed by atoms with Crippen LogP contribution in [0.25, 0.3) is 16.6 Å². The summed E-state index contributed by atoms with van der Waals surface area (Å²) in [6, 6.07) is 12.7. The van der Waals surface area contributed by atoms with Crippen LogP contribution in [-0.2, 0) is 11.3 Å². The van der Waals surface area contributed by atoms with Gasteiger partial charge < -0.3 is 10.1 Å². The number of ether oxygens (including phenoxy) is 1. The Labute approximate surface area is 160 Å². The van der Waals surface area contributed by atoms with Crippen LogP contribution in [0.2, 0.25) is 0 Å². The van der Waals surface area contributed by atoms with Crippen molar-refractivity contribution in [2.45, 2.75) is 20.4 Å². The summed E-state index contributed by atoms with van der Waals surface area (Å²) < 4.78 is 7.94. The average Bonchev–Trinajstić information content (AvgIpc) is 2.98. The van der Waals surface area contributed by atoms with Gasteiger partial charge in [-0.3, -0.25) is 4.79 Å². The van der Waals surface area contributed by atoms with Gasteiger partial charge in [0.05, 0.1) is 12.6 Å². The molecule has 0 fully saturated rings. The maximum Gasteiger partial charge on any atom is 0.351 e. The maximum atomic E-state index is 12.9. The van der Waals surface area contributed by atoms with E-state index >= 15 is 0 Å². The molecule has 0 radical (unpaired) electrons. The number of benzene rings is 1. The minimum atomic E-state index is -0.374. The highest BCUT2D eigenvalue weighted by molar-refractivity contribution is 5.89. The van der Waals surface area contributed by atoms with Gasteiger partial charge in [0.2, 0.25) is 5.91 Å². The number of anilines is 1. The third-order valence-electron chi connectivity index (χ3n) is 4.49. The second kappa shape index (κ2) is 6.80. The van der Waals surface area contributed by atoms with Crippen molar-refractivity contribution >= 4 is 28.3 Å². The minimum absolute atomic E-state index is 0.201. The highest BCUT2D eigenvalue weighted by atomic mass is 16.5. The molecule has 4 rings (SSSR count). The predicted molar refractivity (Wildman–Crippen MR) is 106 cm³/mol. The lowest BCUT2D eigenvalue weighted by molar-refractivity contribution is -0.117. The molecule has 0 saturated carbocycles. The van der Waals surface area contributed by atoms with Gasteiger partial charge in [-0.1, -0.05) is 6.07 Å². The van der Waals surface area contributed by atoms with Crippen LogP contribution in [0.5, 0.6) is 5.75 Å². The predicted octanol–water partition coefficient (Wildman–Crippen LogP) is 2.31. The lowest BCUT2D eigenvalue weighted by Gasteiger charge is -2.05. The highest BCUT2D eigenvalue weighted by Gasteiger charge is 2.15. The zero-order valence-corrected chi connectivity index (χ0v) is 15.8. The fraction of sp³-hybridized carbons (Fsp3) is 0.200. The molecule has 0 aliphatic carbocycles. The molecule has 0 atom stereocenters. The molecule has 3 heterocycles. The average molecular weight is 377 g/mol. The molecule has 0 bridgehead atoms. The van der Waals surface area contributed by atoms with Gasteiger partial charge in [-0.25, -0.2) is 18.9 Å². The fourth-order valence-corrected chi connectivity index (χ4v) is 3.19. The van der Waals surface area contributed by atoms with E-state index in [0.29, 0.717) is 22.7 Å². The van der Waals surface area contributed by atoms with Gasteiger partial charge in [-0.15, -0.1) is 5.10 Å². The van der Waals surface area contributed by atoms with Gasteiger partial charge in [-0.05, 0) is 55.8 Å². The molecule has 28 heavy (non-hydrogen) atoms. The summed E-state index contributed by atoms with van der Waals surface area (Å²) in [6.45, 7) is 3.51. The van der Waals surface area contributed by atoms with Gasteiger partial charge in [-0.2, -0.15) is 0 Å². The van der Waals surface area contributed by atoms with Gasteiger partial charge >= 0.3 is 5.69 Å². The number of fused-ring (bicyclic) bond motifs is 3. The standard InChI is InChI=1S/C20H19N5O3/c1-12-9-14-10-15(28-3)7-8-16(14)25-19(12)23-24(20(25)27)11-18(26)22-17-6-4-5-13(2)21-17/h4-10H,11H2,1-3H3,(H,21,22,26). The van der Waals surface area contributed by atoms with E-state index in [1.165, 1.54) is 4.40 Å². The lowest BCUT2D eigenvalue weighted by atomic mass is 10.1. The Balaban J connectivity index is 1.73. The molecule has 0 spiro atoms. The van der Waals surface area contributed by atoms with Crippen molar-refractivity contribution in [1.29, 1.82) is 0 Å². The number of amides is 1. The van der Waals surface area contributed by atoms with Crippen molar-refractivity contribution in [3.8, 4) is 5.75 Å². The Kier molecular flexibility index (Phi) is 4.31. The van der Waals surface area contributed by atoms with Crippen LogP contribution >= 0.6 is 0 Å². The summed E-state index contributed by atoms with van der Waals surface area (Å²) in [5.74, 6) is 0.777. The van der Waals surface area contributed by atoms with E-state index in [0.717, 1.165) is 21.3 Å². The van der Waals surface area contributed by atoms with Crippen molar-refractivity contribution in [3.05, 3.63) is 64.2 Å². The molecule has 4 aromatic rings. The van der Waals surface area contributed by atoms with E-state index in [2.05, 4.69) is 15.4 Å². The molecular weight excluding hydrogens is 358 g/mol.